The van der Waals surface area contributed by atoms with Crippen molar-refractivity contribution in [2.45, 2.75) is 51.2 Å². The summed E-state index contributed by atoms with van der Waals surface area (Å²) in [7, 11) is 0. The molecule has 1 fully saturated rings. The van der Waals surface area contributed by atoms with Crippen LogP contribution in [-0.2, 0) is 4.74 Å². The van der Waals surface area contributed by atoms with Crippen molar-refractivity contribution in [1.29, 1.82) is 0 Å². The molecule has 1 aliphatic heterocycles. The molecule has 0 amide bonds. The van der Waals surface area contributed by atoms with Crippen molar-refractivity contribution in [1.82, 2.24) is 4.90 Å². The van der Waals surface area contributed by atoms with Crippen molar-refractivity contribution in [3.63, 3.8) is 0 Å². The van der Waals surface area contributed by atoms with Gasteiger partial charge in [-0.1, -0.05) is 0 Å². The number of aliphatic hydroxyl groups excluding tert-OH is 2. The fourth-order valence-corrected chi connectivity index (χ4v) is 2.91. The van der Waals surface area contributed by atoms with Crippen molar-refractivity contribution < 1.29 is 28.1 Å². The topological polar surface area (TPSA) is 52.9 Å². The third kappa shape index (κ3) is 4.31. The van der Waals surface area contributed by atoms with Gasteiger partial charge < -0.3 is 14.9 Å². The molecule has 1 heterocycles. The molecule has 0 saturated carbocycles. The number of nitrogens with zero attached hydrogens (tertiary/aromatic N) is 1. The summed E-state index contributed by atoms with van der Waals surface area (Å²) in [6.07, 6.45) is -5.19. The maximum Gasteiger partial charge on any atom is 0.401 e. The quantitative estimate of drug-likeness (QED) is 0.806. The Kier molecular flexibility index (Phi) is 5.12. The molecule has 0 aromatic carbocycles. The van der Waals surface area contributed by atoms with Gasteiger partial charge in [0.25, 0.3) is 0 Å². The number of hydrogen-bond acceptors (Lipinski definition) is 4. The van der Waals surface area contributed by atoms with Gasteiger partial charge in [-0.3, -0.25) is 4.90 Å². The van der Waals surface area contributed by atoms with Gasteiger partial charge in [0.2, 0.25) is 0 Å². The summed E-state index contributed by atoms with van der Waals surface area (Å²) in [6, 6.07) is 0. The smallest absolute Gasteiger partial charge is 0.395 e. The van der Waals surface area contributed by atoms with Gasteiger partial charge in [0.05, 0.1) is 30.5 Å². The molecule has 0 aliphatic carbocycles. The van der Waals surface area contributed by atoms with Gasteiger partial charge in [-0.05, 0) is 27.7 Å². The molecule has 2 N–H and O–H groups in total. The summed E-state index contributed by atoms with van der Waals surface area (Å²) in [5, 5.41) is 19.2. The Morgan fingerprint density at radius 3 is 2.05 bits per heavy atom. The first-order chi connectivity index (χ1) is 8.89. The summed E-state index contributed by atoms with van der Waals surface area (Å²) in [5.41, 5.74) is -1.51. The standard InChI is InChI=1S/C13H24F3NO3/c1-11(2)9(10(19)12(3,4)20-11)7-17(5-6-18)8-13(14,15)16/h9-10,18-19H,5-8H2,1-4H3. The first-order valence-electron chi connectivity index (χ1n) is 6.67. The van der Waals surface area contributed by atoms with E-state index in [9.17, 15) is 18.3 Å². The molecule has 0 bridgehead atoms. The van der Waals surface area contributed by atoms with E-state index in [2.05, 4.69) is 0 Å². The van der Waals surface area contributed by atoms with Gasteiger partial charge >= 0.3 is 6.18 Å². The molecular formula is C13H24F3NO3. The molecule has 1 aliphatic rings. The van der Waals surface area contributed by atoms with Crippen molar-refractivity contribution in [3.05, 3.63) is 0 Å². The molecule has 120 valence electrons. The van der Waals surface area contributed by atoms with Gasteiger partial charge in [0.1, 0.15) is 0 Å². The molecule has 2 unspecified atom stereocenters. The highest BCUT2D eigenvalue weighted by molar-refractivity contribution is 5.02. The Labute approximate surface area is 117 Å². The second-order valence-corrected chi connectivity index (χ2v) is 6.43. The number of ether oxygens (including phenoxy) is 1. The van der Waals surface area contributed by atoms with Crippen molar-refractivity contribution in [3.8, 4) is 0 Å². The minimum Gasteiger partial charge on any atom is -0.395 e. The zero-order valence-electron chi connectivity index (χ0n) is 12.4. The van der Waals surface area contributed by atoms with E-state index < -0.39 is 35.9 Å². The average molecular weight is 299 g/mol. The molecule has 1 saturated heterocycles. The van der Waals surface area contributed by atoms with Crippen LogP contribution in [0.4, 0.5) is 13.2 Å². The number of hydrogen-bond donors (Lipinski definition) is 2. The third-order valence-corrected chi connectivity index (χ3v) is 3.79. The van der Waals surface area contributed by atoms with Crippen LogP contribution in [0.25, 0.3) is 0 Å². The number of halogens is 3. The van der Waals surface area contributed by atoms with Crippen LogP contribution in [0.5, 0.6) is 0 Å². The SMILES string of the molecule is CC1(C)OC(C)(C)C(CN(CCO)CC(F)(F)F)C1O. The van der Waals surface area contributed by atoms with Crippen molar-refractivity contribution in [2.75, 3.05) is 26.2 Å². The zero-order valence-corrected chi connectivity index (χ0v) is 12.4. The van der Waals surface area contributed by atoms with Crippen LogP contribution in [-0.4, -0.2) is 64.8 Å². The monoisotopic (exact) mass is 299 g/mol. The van der Waals surface area contributed by atoms with Gasteiger partial charge in [-0.25, -0.2) is 0 Å². The summed E-state index contributed by atoms with van der Waals surface area (Å²) in [5.74, 6) is -0.452. The Morgan fingerprint density at radius 1 is 1.15 bits per heavy atom. The summed E-state index contributed by atoms with van der Waals surface area (Å²) >= 11 is 0. The van der Waals surface area contributed by atoms with E-state index in [1.54, 1.807) is 27.7 Å². The Bertz CT molecular complexity index is 331. The maximum absolute atomic E-state index is 12.5. The van der Waals surface area contributed by atoms with Gasteiger partial charge in [-0.2, -0.15) is 13.2 Å². The molecule has 7 heteroatoms. The first-order valence-corrected chi connectivity index (χ1v) is 6.67. The summed E-state index contributed by atoms with van der Waals surface area (Å²) < 4.78 is 43.3. The molecule has 20 heavy (non-hydrogen) atoms. The van der Waals surface area contributed by atoms with Crippen LogP contribution in [0.2, 0.25) is 0 Å². The third-order valence-electron chi connectivity index (χ3n) is 3.79. The molecule has 0 spiro atoms. The molecule has 0 aromatic heterocycles. The lowest BCUT2D eigenvalue weighted by Crippen LogP contribution is -2.46. The Morgan fingerprint density at radius 2 is 1.70 bits per heavy atom. The Balaban J connectivity index is 2.82. The van der Waals surface area contributed by atoms with Crippen LogP contribution in [0.3, 0.4) is 0 Å². The van der Waals surface area contributed by atoms with Gasteiger partial charge in [-0.15, -0.1) is 0 Å². The molecule has 1 rings (SSSR count). The largest absolute Gasteiger partial charge is 0.401 e. The lowest BCUT2D eigenvalue weighted by atomic mass is 9.84. The fraction of sp³-hybridized carbons (Fsp3) is 1.00. The average Bonchev–Trinajstić information content (AvgIpc) is 2.34. The summed E-state index contributed by atoms with van der Waals surface area (Å²) in [6.45, 7) is 5.45. The van der Waals surface area contributed by atoms with Crippen LogP contribution in [0, 0.1) is 5.92 Å². The van der Waals surface area contributed by atoms with E-state index >= 15 is 0 Å². The van der Waals surface area contributed by atoms with E-state index in [4.69, 9.17) is 9.84 Å². The zero-order chi connectivity index (χ0) is 15.8. The molecule has 2 atom stereocenters. The molecule has 0 aromatic rings. The van der Waals surface area contributed by atoms with E-state index in [-0.39, 0.29) is 19.7 Å². The highest BCUT2D eigenvalue weighted by atomic mass is 19.4. The highest BCUT2D eigenvalue weighted by Crippen LogP contribution is 2.42. The van der Waals surface area contributed by atoms with Crippen molar-refractivity contribution >= 4 is 0 Å². The second kappa shape index (κ2) is 5.79. The van der Waals surface area contributed by atoms with E-state index in [0.717, 1.165) is 4.90 Å². The van der Waals surface area contributed by atoms with Crippen LogP contribution in [0.15, 0.2) is 0 Å². The first kappa shape index (κ1) is 17.7. The highest BCUT2D eigenvalue weighted by Gasteiger charge is 2.53. The lowest BCUT2D eigenvalue weighted by molar-refractivity contribution is -0.150. The Hall–Kier alpha value is -0.370. The second-order valence-electron chi connectivity index (χ2n) is 6.43. The molecule has 0 radical (unpaired) electrons. The van der Waals surface area contributed by atoms with E-state index in [1.807, 2.05) is 0 Å². The van der Waals surface area contributed by atoms with E-state index in [0.29, 0.717) is 0 Å². The predicted molar refractivity (Wildman–Crippen MR) is 68.3 cm³/mol. The number of alkyl halides is 3. The number of rotatable bonds is 5. The van der Waals surface area contributed by atoms with Crippen LogP contribution >= 0.6 is 0 Å². The van der Waals surface area contributed by atoms with Crippen LogP contribution < -0.4 is 0 Å². The summed E-state index contributed by atoms with van der Waals surface area (Å²) in [4.78, 5) is 1.11. The van der Waals surface area contributed by atoms with Crippen molar-refractivity contribution in [2.24, 2.45) is 5.92 Å². The van der Waals surface area contributed by atoms with E-state index in [1.165, 1.54) is 0 Å². The fourth-order valence-electron chi connectivity index (χ4n) is 2.91. The van der Waals surface area contributed by atoms with Gasteiger partial charge in [0, 0.05) is 19.0 Å². The normalized spacial score (nSPS) is 29.1. The van der Waals surface area contributed by atoms with Crippen LogP contribution in [0.1, 0.15) is 27.7 Å². The lowest BCUT2D eigenvalue weighted by Gasteiger charge is -2.32. The minimum absolute atomic E-state index is 0.0255. The molecule has 4 nitrogen and oxygen atoms in total. The number of aliphatic hydroxyl groups is 2. The molecular weight excluding hydrogens is 275 g/mol. The minimum atomic E-state index is -4.33. The maximum atomic E-state index is 12.5. The predicted octanol–water partition coefficient (Wildman–Crippen LogP) is 1.41. The van der Waals surface area contributed by atoms with Gasteiger partial charge in [0.15, 0.2) is 0 Å².